The maximum Gasteiger partial charge on any atom is 0.137 e. The molecule has 102 valence electrons. The maximum absolute atomic E-state index is 6.17. The highest BCUT2D eigenvalue weighted by atomic mass is 35.5. The standard InChI is InChI=1S/C13H16ClN3O2/c1-17-13(15)6-11(16-17)9-5-10(14)12(19-3)4-8(9)7-18-2/h4-6H,7,15H2,1-3H3. The van der Waals surface area contributed by atoms with Gasteiger partial charge < -0.3 is 15.2 Å². The Morgan fingerprint density at radius 3 is 2.58 bits per heavy atom. The topological polar surface area (TPSA) is 62.3 Å². The van der Waals surface area contributed by atoms with E-state index in [-0.39, 0.29) is 0 Å². The molecule has 0 unspecified atom stereocenters. The van der Waals surface area contributed by atoms with Gasteiger partial charge in [-0.25, -0.2) is 0 Å². The highest BCUT2D eigenvalue weighted by Gasteiger charge is 2.14. The summed E-state index contributed by atoms with van der Waals surface area (Å²) < 4.78 is 12.0. The average Bonchev–Trinajstić information content (AvgIpc) is 2.71. The maximum atomic E-state index is 6.17. The minimum Gasteiger partial charge on any atom is -0.495 e. The second-order valence-corrected chi connectivity index (χ2v) is 4.56. The molecule has 19 heavy (non-hydrogen) atoms. The Morgan fingerprint density at radius 1 is 1.32 bits per heavy atom. The lowest BCUT2D eigenvalue weighted by Gasteiger charge is -2.11. The quantitative estimate of drug-likeness (QED) is 0.935. The van der Waals surface area contributed by atoms with Crippen LogP contribution in [0.4, 0.5) is 5.82 Å². The Labute approximate surface area is 116 Å². The molecule has 0 saturated heterocycles. The van der Waals surface area contributed by atoms with Crippen LogP contribution in [-0.2, 0) is 18.4 Å². The van der Waals surface area contributed by atoms with Crippen LogP contribution in [-0.4, -0.2) is 24.0 Å². The van der Waals surface area contributed by atoms with Gasteiger partial charge in [0.05, 0.1) is 24.4 Å². The zero-order valence-corrected chi connectivity index (χ0v) is 11.9. The van der Waals surface area contributed by atoms with E-state index >= 15 is 0 Å². The number of nitrogen functional groups attached to an aromatic ring is 1. The molecule has 6 heteroatoms. The first-order valence-electron chi connectivity index (χ1n) is 5.72. The van der Waals surface area contributed by atoms with Crippen molar-refractivity contribution in [3.63, 3.8) is 0 Å². The molecule has 5 nitrogen and oxygen atoms in total. The summed E-state index contributed by atoms with van der Waals surface area (Å²) in [5.74, 6) is 1.20. The van der Waals surface area contributed by atoms with E-state index < -0.39 is 0 Å². The van der Waals surface area contributed by atoms with E-state index in [1.54, 1.807) is 32.0 Å². The second-order valence-electron chi connectivity index (χ2n) is 4.15. The minimum atomic E-state index is 0.444. The van der Waals surface area contributed by atoms with E-state index in [0.29, 0.717) is 23.2 Å². The number of ether oxygens (including phenoxy) is 2. The Kier molecular flexibility index (Phi) is 3.97. The number of hydrogen-bond donors (Lipinski definition) is 1. The molecule has 0 bridgehead atoms. The van der Waals surface area contributed by atoms with Crippen LogP contribution in [0.2, 0.25) is 5.02 Å². The molecular formula is C13H16ClN3O2. The number of methoxy groups -OCH3 is 2. The first-order valence-corrected chi connectivity index (χ1v) is 6.09. The highest BCUT2D eigenvalue weighted by Crippen LogP contribution is 2.34. The number of rotatable bonds is 4. The van der Waals surface area contributed by atoms with Gasteiger partial charge in [0.2, 0.25) is 0 Å². The van der Waals surface area contributed by atoms with Gasteiger partial charge in [0.25, 0.3) is 0 Å². The lowest BCUT2D eigenvalue weighted by Crippen LogP contribution is -1.98. The first-order chi connectivity index (χ1) is 9.06. The third-order valence-corrected chi connectivity index (χ3v) is 3.16. The predicted octanol–water partition coefficient (Wildman–Crippen LogP) is 2.48. The molecule has 0 atom stereocenters. The number of hydrogen-bond acceptors (Lipinski definition) is 4. The molecule has 2 aromatic rings. The van der Waals surface area contributed by atoms with Crippen LogP contribution in [0.25, 0.3) is 11.3 Å². The molecule has 0 spiro atoms. The third kappa shape index (κ3) is 2.67. The molecule has 0 amide bonds. The monoisotopic (exact) mass is 281 g/mol. The summed E-state index contributed by atoms with van der Waals surface area (Å²) in [6.07, 6.45) is 0. The van der Waals surface area contributed by atoms with E-state index in [4.69, 9.17) is 26.8 Å². The van der Waals surface area contributed by atoms with Crippen molar-refractivity contribution < 1.29 is 9.47 Å². The molecule has 0 fully saturated rings. The number of anilines is 1. The van der Waals surface area contributed by atoms with Gasteiger partial charge in [-0.15, -0.1) is 0 Å². The van der Waals surface area contributed by atoms with Crippen LogP contribution in [0.3, 0.4) is 0 Å². The molecule has 0 aliphatic heterocycles. The number of aryl methyl sites for hydroxylation is 1. The lowest BCUT2D eigenvalue weighted by molar-refractivity contribution is 0.185. The number of nitrogens with two attached hydrogens (primary N) is 1. The molecule has 0 aliphatic carbocycles. The second kappa shape index (κ2) is 5.50. The molecule has 1 aromatic heterocycles. The van der Waals surface area contributed by atoms with Gasteiger partial charge in [-0.2, -0.15) is 5.10 Å². The van der Waals surface area contributed by atoms with Gasteiger partial charge in [-0.05, 0) is 17.7 Å². The van der Waals surface area contributed by atoms with Crippen LogP contribution in [0.15, 0.2) is 18.2 Å². The highest BCUT2D eigenvalue weighted by molar-refractivity contribution is 6.32. The average molecular weight is 282 g/mol. The van der Waals surface area contributed by atoms with Crippen molar-refractivity contribution >= 4 is 17.4 Å². The molecular weight excluding hydrogens is 266 g/mol. The molecule has 2 rings (SSSR count). The number of halogens is 1. The van der Waals surface area contributed by atoms with E-state index in [2.05, 4.69) is 5.10 Å². The van der Waals surface area contributed by atoms with Crippen molar-refractivity contribution in [1.82, 2.24) is 9.78 Å². The SMILES string of the molecule is COCc1cc(OC)c(Cl)cc1-c1cc(N)n(C)n1. The van der Waals surface area contributed by atoms with Crippen molar-refractivity contribution in [2.24, 2.45) is 7.05 Å². The fourth-order valence-corrected chi connectivity index (χ4v) is 2.12. The molecule has 0 aliphatic rings. The number of benzene rings is 1. The van der Waals surface area contributed by atoms with Crippen LogP contribution in [0.5, 0.6) is 5.75 Å². The minimum absolute atomic E-state index is 0.444. The van der Waals surface area contributed by atoms with E-state index in [9.17, 15) is 0 Å². The Balaban J connectivity index is 2.57. The van der Waals surface area contributed by atoms with Crippen molar-refractivity contribution in [2.45, 2.75) is 6.61 Å². The van der Waals surface area contributed by atoms with Gasteiger partial charge in [-0.3, -0.25) is 4.68 Å². The van der Waals surface area contributed by atoms with Gasteiger partial charge in [0, 0.05) is 25.8 Å². The Bertz CT molecular complexity index is 576. The predicted molar refractivity (Wildman–Crippen MR) is 75.3 cm³/mol. The van der Waals surface area contributed by atoms with Crippen LogP contribution < -0.4 is 10.5 Å². The molecule has 1 aromatic carbocycles. The molecule has 0 radical (unpaired) electrons. The summed E-state index contributed by atoms with van der Waals surface area (Å²) in [5, 5.41) is 4.89. The first kappa shape index (κ1) is 13.7. The third-order valence-electron chi connectivity index (χ3n) is 2.87. The zero-order valence-electron chi connectivity index (χ0n) is 11.1. The lowest BCUT2D eigenvalue weighted by atomic mass is 10.0. The molecule has 0 saturated carbocycles. The van der Waals surface area contributed by atoms with Crippen molar-refractivity contribution in [3.05, 3.63) is 28.8 Å². The Morgan fingerprint density at radius 2 is 2.05 bits per heavy atom. The van der Waals surface area contributed by atoms with Crippen molar-refractivity contribution in [2.75, 3.05) is 20.0 Å². The van der Waals surface area contributed by atoms with Crippen LogP contribution in [0.1, 0.15) is 5.56 Å². The smallest absolute Gasteiger partial charge is 0.137 e. The summed E-state index contributed by atoms with van der Waals surface area (Å²) >= 11 is 6.17. The normalized spacial score (nSPS) is 10.7. The zero-order chi connectivity index (χ0) is 14.0. The van der Waals surface area contributed by atoms with Gasteiger partial charge in [0.1, 0.15) is 11.6 Å². The summed E-state index contributed by atoms with van der Waals surface area (Å²) in [4.78, 5) is 0. The summed E-state index contributed by atoms with van der Waals surface area (Å²) in [5.41, 5.74) is 8.40. The summed E-state index contributed by atoms with van der Waals surface area (Å²) in [6, 6.07) is 5.47. The van der Waals surface area contributed by atoms with Gasteiger partial charge >= 0.3 is 0 Å². The fourth-order valence-electron chi connectivity index (χ4n) is 1.88. The Hall–Kier alpha value is -1.72. The van der Waals surface area contributed by atoms with E-state index in [1.807, 2.05) is 12.1 Å². The van der Waals surface area contributed by atoms with Crippen molar-refractivity contribution in [1.29, 1.82) is 0 Å². The summed E-state index contributed by atoms with van der Waals surface area (Å²) in [6.45, 7) is 0.444. The fraction of sp³-hybridized carbons (Fsp3) is 0.308. The van der Waals surface area contributed by atoms with E-state index in [0.717, 1.165) is 16.8 Å². The molecule has 1 heterocycles. The van der Waals surface area contributed by atoms with Gasteiger partial charge in [-0.1, -0.05) is 11.6 Å². The number of aromatic nitrogens is 2. The van der Waals surface area contributed by atoms with Crippen LogP contribution in [0, 0.1) is 0 Å². The summed E-state index contributed by atoms with van der Waals surface area (Å²) in [7, 11) is 5.01. The largest absolute Gasteiger partial charge is 0.495 e. The van der Waals surface area contributed by atoms with Gasteiger partial charge in [0.15, 0.2) is 0 Å². The van der Waals surface area contributed by atoms with E-state index in [1.165, 1.54) is 0 Å². The van der Waals surface area contributed by atoms with Crippen LogP contribution >= 0.6 is 11.6 Å². The number of nitrogens with zero attached hydrogens (tertiary/aromatic N) is 2. The molecule has 2 N–H and O–H groups in total. The van der Waals surface area contributed by atoms with Crippen molar-refractivity contribution in [3.8, 4) is 17.0 Å².